The zero-order chi connectivity index (χ0) is 19.1. The van der Waals surface area contributed by atoms with Crippen LogP contribution in [-0.4, -0.2) is 28.3 Å². The van der Waals surface area contributed by atoms with Crippen molar-refractivity contribution in [1.82, 2.24) is 14.9 Å². The molecule has 0 aliphatic carbocycles. The summed E-state index contributed by atoms with van der Waals surface area (Å²) in [5.74, 6) is 1.13. The topological polar surface area (TPSA) is 56.2 Å². The molecule has 0 saturated carbocycles. The van der Waals surface area contributed by atoms with Crippen molar-refractivity contribution in [3.63, 3.8) is 0 Å². The van der Waals surface area contributed by atoms with E-state index in [1.54, 1.807) is 7.11 Å². The predicted octanol–water partition coefficient (Wildman–Crippen LogP) is 4.28. The lowest BCUT2D eigenvalue weighted by atomic mass is 10.1. The number of ether oxygens (including phenoxy) is 1. The molecule has 0 spiro atoms. The summed E-state index contributed by atoms with van der Waals surface area (Å²) in [7, 11) is 1.64. The number of carbonyl (C=O) groups is 1. The van der Waals surface area contributed by atoms with Gasteiger partial charge >= 0.3 is 0 Å². The Balaban J connectivity index is 1.97. The summed E-state index contributed by atoms with van der Waals surface area (Å²) < 4.78 is 7.60. The Morgan fingerprint density at radius 3 is 2.77 bits per heavy atom. The number of benzene rings is 1. The molecule has 5 nitrogen and oxygen atoms in total. The van der Waals surface area contributed by atoms with Crippen LogP contribution in [0.15, 0.2) is 29.4 Å². The molecule has 1 heterocycles. The van der Waals surface area contributed by atoms with Gasteiger partial charge in [-0.05, 0) is 33.3 Å². The van der Waals surface area contributed by atoms with E-state index in [9.17, 15) is 4.79 Å². The lowest BCUT2D eigenvalue weighted by Gasteiger charge is -2.17. The van der Waals surface area contributed by atoms with Gasteiger partial charge in [0.05, 0.1) is 24.6 Å². The van der Waals surface area contributed by atoms with Crippen LogP contribution in [0.25, 0.3) is 0 Å². The van der Waals surface area contributed by atoms with Crippen LogP contribution in [0.2, 0.25) is 0 Å². The highest BCUT2D eigenvalue weighted by molar-refractivity contribution is 7.99. The molecule has 1 amide bonds. The number of hydrogen-bond donors (Lipinski definition) is 1. The average Bonchev–Trinajstić information content (AvgIpc) is 2.91. The number of aromatic nitrogens is 2. The number of nitrogens with zero attached hydrogens (tertiary/aromatic N) is 2. The SMILES string of the molecule is CCCCn1c(SCC(=O)NC(C)c2ccccc2OC)nc(C)c1C. The van der Waals surface area contributed by atoms with Crippen molar-refractivity contribution in [2.75, 3.05) is 12.9 Å². The molecule has 1 aromatic carbocycles. The number of carbonyl (C=O) groups excluding carboxylic acids is 1. The highest BCUT2D eigenvalue weighted by Crippen LogP contribution is 2.25. The van der Waals surface area contributed by atoms with Gasteiger partial charge in [-0.2, -0.15) is 0 Å². The van der Waals surface area contributed by atoms with Crippen LogP contribution in [0.5, 0.6) is 5.75 Å². The number of amides is 1. The summed E-state index contributed by atoms with van der Waals surface area (Å²) in [6.07, 6.45) is 2.25. The fourth-order valence-electron chi connectivity index (χ4n) is 2.83. The van der Waals surface area contributed by atoms with Gasteiger partial charge in [0.1, 0.15) is 5.75 Å². The van der Waals surface area contributed by atoms with Crippen LogP contribution < -0.4 is 10.1 Å². The lowest BCUT2D eigenvalue weighted by molar-refractivity contribution is -0.119. The van der Waals surface area contributed by atoms with E-state index in [2.05, 4.69) is 28.7 Å². The summed E-state index contributed by atoms with van der Waals surface area (Å²) in [5, 5.41) is 3.97. The fourth-order valence-corrected chi connectivity index (χ4v) is 3.76. The largest absolute Gasteiger partial charge is 0.496 e. The van der Waals surface area contributed by atoms with Crippen molar-refractivity contribution in [2.45, 2.75) is 58.3 Å². The van der Waals surface area contributed by atoms with Crippen molar-refractivity contribution in [2.24, 2.45) is 0 Å². The zero-order valence-corrected chi connectivity index (χ0v) is 17.2. The molecule has 2 rings (SSSR count). The first kappa shape index (κ1) is 20.4. The van der Waals surface area contributed by atoms with E-state index in [1.807, 2.05) is 38.1 Å². The number of rotatable bonds is 9. The Bertz CT molecular complexity index is 743. The van der Waals surface area contributed by atoms with Crippen LogP contribution in [0.4, 0.5) is 0 Å². The number of imidazole rings is 1. The molecule has 0 aliphatic heterocycles. The summed E-state index contributed by atoms with van der Waals surface area (Å²) in [5.41, 5.74) is 3.19. The van der Waals surface area contributed by atoms with Crippen LogP contribution in [0, 0.1) is 13.8 Å². The number of unbranched alkanes of at least 4 members (excludes halogenated alkanes) is 1. The number of aryl methyl sites for hydroxylation is 1. The molecule has 142 valence electrons. The molecule has 0 saturated heterocycles. The third-order valence-electron chi connectivity index (χ3n) is 4.47. The van der Waals surface area contributed by atoms with Gasteiger partial charge < -0.3 is 14.6 Å². The van der Waals surface area contributed by atoms with E-state index in [0.717, 1.165) is 41.5 Å². The number of methoxy groups -OCH3 is 1. The van der Waals surface area contributed by atoms with E-state index >= 15 is 0 Å². The van der Waals surface area contributed by atoms with E-state index in [-0.39, 0.29) is 11.9 Å². The number of nitrogens with one attached hydrogen (secondary N) is 1. The van der Waals surface area contributed by atoms with Crippen molar-refractivity contribution in [3.05, 3.63) is 41.2 Å². The first-order valence-corrected chi connectivity index (χ1v) is 10.0. The normalized spacial score (nSPS) is 12.0. The molecular weight excluding hydrogens is 346 g/mol. The van der Waals surface area contributed by atoms with Crippen molar-refractivity contribution < 1.29 is 9.53 Å². The second kappa shape index (κ2) is 9.67. The fraction of sp³-hybridized carbons (Fsp3) is 0.500. The van der Waals surface area contributed by atoms with Crippen molar-refractivity contribution >= 4 is 17.7 Å². The summed E-state index contributed by atoms with van der Waals surface area (Å²) in [6.45, 7) is 9.21. The maximum atomic E-state index is 12.4. The Morgan fingerprint density at radius 1 is 1.35 bits per heavy atom. The van der Waals surface area contributed by atoms with Gasteiger partial charge in [-0.1, -0.05) is 43.3 Å². The van der Waals surface area contributed by atoms with Crippen LogP contribution >= 0.6 is 11.8 Å². The molecule has 0 fully saturated rings. The lowest BCUT2D eigenvalue weighted by Crippen LogP contribution is -2.28. The third-order valence-corrected chi connectivity index (χ3v) is 5.45. The molecule has 1 aromatic heterocycles. The minimum atomic E-state index is -0.109. The summed E-state index contributed by atoms with van der Waals surface area (Å²) in [6, 6.07) is 7.64. The van der Waals surface area contributed by atoms with Gasteiger partial charge in [0.2, 0.25) is 5.91 Å². The standard InChI is InChI=1S/C20H29N3O2S/c1-6-7-12-23-16(4)14(2)22-20(23)26-13-19(24)21-15(3)17-10-8-9-11-18(17)25-5/h8-11,15H,6-7,12-13H2,1-5H3,(H,21,24). The van der Waals surface area contributed by atoms with Gasteiger partial charge in [-0.3, -0.25) is 4.79 Å². The minimum absolute atomic E-state index is 0.00578. The minimum Gasteiger partial charge on any atom is -0.496 e. The Labute approximate surface area is 160 Å². The first-order valence-electron chi connectivity index (χ1n) is 9.06. The maximum Gasteiger partial charge on any atom is 0.230 e. The van der Waals surface area contributed by atoms with Crippen LogP contribution in [0.1, 0.15) is 49.7 Å². The molecule has 26 heavy (non-hydrogen) atoms. The smallest absolute Gasteiger partial charge is 0.230 e. The van der Waals surface area contributed by atoms with E-state index in [4.69, 9.17) is 4.74 Å². The Kier molecular flexibility index (Phi) is 7.57. The molecule has 2 aromatic rings. The number of hydrogen-bond acceptors (Lipinski definition) is 4. The quantitative estimate of drug-likeness (QED) is 0.665. The van der Waals surface area contributed by atoms with Gasteiger partial charge in [-0.25, -0.2) is 4.98 Å². The molecule has 1 atom stereocenters. The summed E-state index contributed by atoms with van der Waals surface area (Å²) in [4.78, 5) is 17.0. The highest BCUT2D eigenvalue weighted by atomic mass is 32.2. The Hall–Kier alpha value is -1.95. The van der Waals surface area contributed by atoms with Gasteiger partial charge in [-0.15, -0.1) is 0 Å². The van der Waals surface area contributed by atoms with Crippen molar-refractivity contribution in [3.8, 4) is 5.75 Å². The van der Waals surface area contributed by atoms with Gasteiger partial charge in [0.15, 0.2) is 5.16 Å². The van der Waals surface area contributed by atoms with Crippen LogP contribution in [-0.2, 0) is 11.3 Å². The monoisotopic (exact) mass is 375 g/mol. The average molecular weight is 376 g/mol. The van der Waals surface area contributed by atoms with Gasteiger partial charge in [0, 0.05) is 17.8 Å². The molecule has 1 N–H and O–H groups in total. The van der Waals surface area contributed by atoms with Crippen molar-refractivity contribution in [1.29, 1.82) is 0 Å². The second-order valence-corrected chi connectivity index (χ2v) is 7.33. The van der Waals surface area contributed by atoms with E-state index in [1.165, 1.54) is 17.5 Å². The van der Waals surface area contributed by atoms with E-state index in [0.29, 0.717) is 5.75 Å². The first-order chi connectivity index (χ1) is 12.5. The highest BCUT2D eigenvalue weighted by Gasteiger charge is 2.16. The van der Waals surface area contributed by atoms with Crippen LogP contribution in [0.3, 0.4) is 0 Å². The Morgan fingerprint density at radius 2 is 2.08 bits per heavy atom. The zero-order valence-electron chi connectivity index (χ0n) is 16.3. The number of thioether (sulfide) groups is 1. The van der Waals surface area contributed by atoms with E-state index < -0.39 is 0 Å². The van der Waals surface area contributed by atoms with Gasteiger partial charge in [0.25, 0.3) is 0 Å². The molecule has 0 aliphatic rings. The third kappa shape index (κ3) is 5.04. The molecule has 1 unspecified atom stereocenters. The summed E-state index contributed by atoms with van der Waals surface area (Å²) >= 11 is 1.50. The number of para-hydroxylation sites is 1. The molecular formula is C20H29N3O2S. The molecule has 0 radical (unpaired) electrons. The predicted molar refractivity (Wildman–Crippen MR) is 107 cm³/mol. The maximum absolute atomic E-state index is 12.4. The second-order valence-electron chi connectivity index (χ2n) is 6.39. The molecule has 0 bridgehead atoms. The molecule has 6 heteroatoms.